The Morgan fingerprint density at radius 2 is 2.40 bits per heavy atom. The molecule has 1 atom stereocenters. The maximum absolute atomic E-state index is 12.5. The fraction of sp³-hybridized carbons (Fsp3) is 0.429. The third-order valence-electron chi connectivity index (χ3n) is 3.53. The Kier molecular flexibility index (Phi) is 3.42. The molecule has 3 heterocycles. The van der Waals surface area contributed by atoms with Gasteiger partial charge in [0, 0.05) is 25.8 Å². The second-order valence-electron chi connectivity index (χ2n) is 5.08. The van der Waals surface area contributed by atoms with Gasteiger partial charge in [0.05, 0.1) is 18.2 Å². The summed E-state index contributed by atoms with van der Waals surface area (Å²) < 4.78 is 7.20. The molecule has 3 rings (SSSR count). The summed E-state index contributed by atoms with van der Waals surface area (Å²) >= 11 is 0. The molecule has 0 radical (unpaired) electrons. The summed E-state index contributed by atoms with van der Waals surface area (Å²) in [6, 6.07) is 5.79. The van der Waals surface area contributed by atoms with E-state index in [2.05, 4.69) is 5.10 Å². The second kappa shape index (κ2) is 5.22. The van der Waals surface area contributed by atoms with E-state index in [9.17, 15) is 4.79 Å². The number of hydrogen-bond donors (Lipinski definition) is 1. The molecule has 1 amide bonds. The van der Waals surface area contributed by atoms with Crippen LogP contribution in [0.5, 0.6) is 0 Å². The molecule has 1 aliphatic heterocycles. The van der Waals surface area contributed by atoms with E-state index >= 15 is 0 Å². The molecule has 0 aliphatic carbocycles. The van der Waals surface area contributed by atoms with Crippen LogP contribution in [0.1, 0.15) is 16.1 Å². The average molecular weight is 274 g/mol. The van der Waals surface area contributed by atoms with Gasteiger partial charge in [-0.2, -0.15) is 5.10 Å². The van der Waals surface area contributed by atoms with E-state index in [0.29, 0.717) is 31.9 Å². The number of hydrogen-bond acceptors (Lipinski definition) is 4. The maximum Gasteiger partial charge on any atom is 0.274 e. The summed E-state index contributed by atoms with van der Waals surface area (Å²) in [6.07, 6.45) is 1.79. The van der Waals surface area contributed by atoms with Crippen LogP contribution < -0.4 is 5.73 Å². The van der Waals surface area contributed by atoms with Crippen molar-refractivity contribution in [1.29, 1.82) is 0 Å². The summed E-state index contributed by atoms with van der Waals surface area (Å²) in [5.74, 6) is -0.0619. The highest BCUT2D eigenvalue weighted by Gasteiger charge is 2.25. The number of pyridine rings is 1. The Morgan fingerprint density at radius 3 is 3.20 bits per heavy atom. The summed E-state index contributed by atoms with van der Waals surface area (Å²) in [6.45, 7) is 4.08. The van der Waals surface area contributed by atoms with Crippen molar-refractivity contribution >= 4 is 11.4 Å². The van der Waals surface area contributed by atoms with Crippen LogP contribution in [-0.2, 0) is 4.74 Å². The first-order valence-electron chi connectivity index (χ1n) is 6.74. The molecule has 2 aromatic rings. The van der Waals surface area contributed by atoms with Crippen molar-refractivity contribution in [3.05, 3.63) is 35.7 Å². The Hall–Kier alpha value is -1.92. The van der Waals surface area contributed by atoms with Gasteiger partial charge in [-0.25, -0.2) is 4.52 Å². The molecule has 0 spiro atoms. The van der Waals surface area contributed by atoms with Crippen LogP contribution in [0.4, 0.5) is 0 Å². The van der Waals surface area contributed by atoms with Crippen molar-refractivity contribution < 1.29 is 9.53 Å². The zero-order valence-electron chi connectivity index (χ0n) is 11.5. The minimum Gasteiger partial charge on any atom is -0.373 e. The Labute approximate surface area is 117 Å². The lowest BCUT2D eigenvalue weighted by atomic mass is 10.2. The van der Waals surface area contributed by atoms with E-state index < -0.39 is 0 Å². The number of amides is 1. The summed E-state index contributed by atoms with van der Waals surface area (Å²) in [5, 5.41) is 4.33. The number of rotatable bonds is 2. The first-order chi connectivity index (χ1) is 9.67. The van der Waals surface area contributed by atoms with E-state index in [1.54, 1.807) is 9.42 Å². The molecule has 2 N–H and O–H groups in total. The van der Waals surface area contributed by atoms with Gasteiger partial charge in [-0.15, -0.1) is 0 Å². The Balaban J connectivity index is 1.84. The normalized spacial score (nSPS) is 19.5. The van der Waals surface area contributed by atoms with Gasteiger partial charge in [-0.3, -0.25) is 4.79 Å². The summed E-state index contributed by atoms with van der Waals surface area (Å²) in [4.78, 5) is 14.2. The molecule has 106 valence electrons. The first kappa shape index (κ1) is 13.1. The molecule has 1 saturated heterocycles. The number of aryl methyl sites for hydroxylation is 1. The maximum atomic E-state index is 12.5. The highest BCUT2D eigenvalue weighted by molar-refractivity contribution is 5.93. The Bertz CT molecular complexity index is 637. The molecule has 2 aromatic heterocycles. The average Bonchev–Trinajstić information content (AvgIpc) is 2.89. The zero-order chi connectivity index (χ0) is 14.1. The van der Waals surface area contributed by atoms with E-state index in [1.807, 2.05) is 31.3 Å². The van der Waals surface area contributed by atoms with E-state index in [-0.39, 0.29) is 12.0 Å². The smallest absolute Gasteiger partial charge is 0.274 e. The van der Waals surface area contributed by atoms with Gasteiger partial charge in [-0.05, 0) is 30.7 Å². The highest BCUT2D eigenvalue weighted by atomic mass is 16.5. The van der Waals surface area contributed by atoms with Crippen molar-refractivity contribution in [3.63, 3.8) is 0 Å². The molecule has 6 heteroatoms. The fourth-order valence-electron chi connectivity index (χ4n) is 2.42. The number of aromatic nitrogens is 2. The Morgan fingerprint density at radius 1 is 1.55 bits per heavy atom. The molecule has 1 aliphatic rings. The lowest BCUT2D eigenvalue weighted by molar-refractivity contribution is -0.0169. The van der Waals surface area contributed by atoms with Crippen LogP contribution in [0.2, 0.25) is 0 Å². The van der Waals surface area contributed by atoms with E-state index in [1.165, 1.54) is 0 Å². The number of morpholine rings is 1. The third-order valence-corrected chi connectivity index (χ3v) is 3.53. The number of ether oxygens (including phenoxy) is 1. The van der Waals surface area contributed by atoms with Crippen LogP contribution in [-0.4, -0.2) is 52.8 Å². The van der Waals surface area contributed by atoms with Gasteiger partial charge in [0.15, 0.2) is 5.69 Å². The van der Waals surface area contributed by atoms with E-state index in [0.717, 1.165) is 11.1 Å². The lowest BCUT2D eigenvalue weighted by Gasteiger charge is -2.31. The van der Waals surface area contributed by atoms with Gasteiger partial charge in [0.1, 0.15) is 0 Å². The van der Waals surface area contributed by atoms with Gasteiger partial charge in [0.25, 0.3) is 5.91 Å². The van der Waals surface area contributed by atoms with Gasteiger partial charge >= 0.3 is 0 Å². The summed E-state index contributed by atoms with van der Waals surface area (Å²) in [7, 11) is 0. The van der Waals surface area contributed by atoms with Crippen LogP contribution in [0.25, 0.3) is 5.52 Å². The first-order valence-corrected chi connectivity index (χ1v) is 6.74. The van der Waals surface area contributed by atoms with Gasteiger partial charge < -0.3 is 15.4 Å². The molecular weight excluding hydrogens is 256 g/mol. The van der Waals surface area contributed by atoms with Crippen LogP contribution in [0.3, 0.4) is 0 Å². The van der Waals surface area contributed by atoms with Crippen LogP contribution in [0, 0.1) is 6.92 Å². The van der Waals surface area contributed by atoms with Crippen molar-refractivity contribution in [1.82, 2.24) is 14.5 Å². The number of nitrogens with two attached hydrogens (primary N) is 1. The monoisotopic (exact) mass is 274 g/mol. The SMILES string of the molecule is Cc1ccn2nc(C(=O)N3CCO[C@H](CN)C3)cc2c1. The van der Waals surface area contributed by atoms with Gasteiger partial charge in [-0.1, -0.05) is 0 Å². The molecule has 1 fully saturated rings. The molecule has 0 saturated carbocycles. The number of nitrogens with zero attached hydrogens (tertiary/aromatic N) is 3. The predicted octanol–water partition coefficient (Wildman–Crippen LogP) is 0.442. The van der Waals surface area contributed by atoms with Crippen LogP contribution in [0.15, 0.2) is 24.4 Å². The minimum absolute atomic E-state index is 0.0619. The summed E-state index contributed by atoms with van der Waals surface area (Å²) in [5.41, 5.74) is 8.14. The number of carbonyl (C=O) groups is 1. The molecule has 20 heavy (non-hydrogen) atoms. The standard InChI is InChI=1S/C14H18N4O2/c1-10-2-3-18-11(6-10)7-13(16-18)14(19)17-4-5-20-12(8-15)9-17/h2-3,6-7,12H,4-5,8-9,15H2,1H3/t12-/m1/s1. The minimum atomic E-state index is -0.0769. The molecule has 0 bridgehead atoms. The van der Waals surface area contributed by atoms with Crippen molar-refractivity contribution in [2.24, 2.45) is 5.73 Å². The number of fused-ring (bicyclic) bond motifs is 1. The highest BCUT2D eigenvalue weighted by Crippen LogP contribution is 2.13. The van der Waals surface area contributed by atoms with Crippen LogP contribution >= 0.6 is 0 Å². The molecule has 0 unspecified atom stereocenters. The molecular formula is C14H18N4O2. The van der Waals surface area contributed by atoms with E-state index in [4.69, 9.17) is 10.5 Å². The second-order valence-corrected chi connectivity index (χ2v) is 5.08. The predicted molar refractivity (Wildman–Crippen MR) is 74.6 cm³/mol. The fourth-order valence-corrected chi connectivity index (χ4v) is 2.42. The van der Waals surface area contributed by atoms with Crippen molar-refractivity contribution in [2.75, 3.05) is 26.2 Å². The zero-order valence-corrected chi connectivity index (χ0v) is 11.5. The van der Waals surface area contributed by atoms with Crippen molar-refractivity contribution in [2.45, 2.75) is 13.0 Å². The van der Waals surface area contributed by atoms with Crippen molar-refractivity contribution in [3.8, 4) is 0 Å². The topological polar surface area (TPSA) is 72.9 Å². The number of carbonyl (C=O) groups excluding carboxylic acids is 1. The molecule has 0 aromatic carbocycles. The lowest BCUT2D eigenvalue weighted by Crippen LogP contribution is -2.48. The van der Waals surface area contributed by atoms with Gasteiger partial charge in [0.2, 0.25) is 0 Å². The quantitative estimate of drug-likeness (QED) is 0.862. The largest absolute Gasteiger partial charge is 0.373 e. The molecule has 6 nitrogen and oxygen atoms in total. The third kappa shape index (κ3) is 2.39.